The molecule has 290 valence electrons. The second kappa shape index (κ2) is 13.2. The maximum Gasteiger partial charge on any atom is 0.418 e. The molecule has 2 aromatic carbocycles. The summed E-state index contributed by atoms with van der Waals surface area (Å²) in [6, 6.07) is 24.6. The lowest BCUT2D eigenvalue weighted by molar-refractivity contribution is -0.0683. The van der Waals surface area contributed by atoms with Crippen molar-refractivity contribution in [2.75, 3.05) is 0 Å². The van der Waals surface area contributed by atoms with Crippen molar-refractivity contribution in [2.45, 2.75) is 111 Å². The smallest absolute Gasteiger partial charge is 0.355 e. The van der Waals surface area contributed by atoms with Crippen molar-refractivity contribution in [3.05, 3.63) is 118 Å². The molecule has 2 N–H and O–H groups in total. The molecule has 0 radical (unpaired) electrons. The molecule has 7 heteroatoms. The number of nitrogens with zero attached hydrogens (tertiary/aromatic N) is 2. The first kappa shape index (κ1) is 39.1. The number of alkyl halides is 3. The molecule has 0 amide bonds. The van der Waals surface area contributed by atoms with E-state index in [-0.39, 0.29) is 33.0 Å². The highest BCUT2D eigenvalue weighted by Gasteiger charge is 2.38. The minimum Gasteiger partial charge on any atom is -0.355 e. The molecular weight excluding hydrogens is 702 g/mol. The van der Waals surface area contributed by atoms with Crippen LogP contribution in [0.5, 0.6) is 0 Å². The second-order valence-corrected chi connectivity index (χ2v) is 19.5. The lowest BCUT2D eigenvalue weighted by Crippen LogP contribution is -2.16. The summed E-state index contributed by atoms with van der Waals surface area (Å²) in [4.78, 5) is 17.0. The fraction of sp³-hybridized carbons (Fsp3) is 0.347. The standard InChI is InChI=1S/C49H53F3N4/c1-45(2,3)30-19-28(20-31(23-30)46(4,5)6)43-38-16-13-34(53-38)25-35-14-17-40(54-35)44(29-21-32(47(7,8)9)24-33(22-29)48(10,11)12)42-27-37(49(50,51)52)41(56-42)26-36-15-18-39(43)55-36/h13-27,53-54H,1-12H3. The topological polar surface area (TPSA) is 57.4 Å². The van der Waals surface area contributed by atoms with Gasteiger partial charge in [0.25, 0.3) is 0 Å². The Labute approximate surface area is 329 Å². The molecule has 5 aromatic rings. The van der Waals surface area contributed by atoms with E-state index < -0.39 is 11.7 Å². The fourth-order valence-electron chi connectivity index (χ4n) is 7.25. The number of rotatable bonds is 2. The van der Waals surface area contributed by atoms with E-state index in [0.29, 0.717) is 22.5 Å². The summed E-state index contributed by atoms with van der Waals surface area (Å²) in [6.07, 6.45) is 0.212. The number of halogens is 3. The molecule has 2 aliphatic rings. The predicted molar refractivity (Wildman–Crippen MR) is 230 cm³/mol. The Hall–Kier alpha value is -5.17. The van der Waals surface area contributed by atoms with E-state index in [1.807, 2.05) is 24.3 Å². The van der Waals surface area contributed by atoms with Gasteiger partial charge < -0.3 is 9.97 Å². The Balaban J connectivity index is 1.60. The third-order valence-corrected chi connectivity index (χ3v) is 10.7. The number of benzene rings is 2. The highest BCUT2D eigenvalue weighted by atomic mass is 19.4. The minimum absolute atomic E-state index is 0.124. The molecule has 0 spiro atoms. The molecule has 0 saturated heterocycles. The summed E-state index contributed by atoms with van der Waals surface area (Å²) >= 11 is 0. The van der Waals surface area contributed by atoms with Gasteiger partial charge in [-0.2, -0.15) is 13.2 Å². The molecule has 0 fully saturated rings. The Morgan fingerprint density at radius 2 is 0.893 bits per heavy atom. The maximum absolute atomic E-state index is 15.0. The molecule has 7 rings (SSSR count). The van der Waals surface area contributed by atoms with Crippen LogP contribution >= 0.6 is 0 Å². The van der Waals surface area contributed by atoms with Crippen LogP contribution in [0, 0.1) is 0 Å². The first-order valence-electron chi connectivity index (χ1n) is 19.4. The highest BCUT2D eigenvalue weighted by molar-refractivity contribution is 5.96. The first-order valence-corrected chi connectivity index (χ1v) is 19.4. The van der Waals surface area contributed by atoms with Gasteiger partial charge in [0, 0.05) is 33.2 Å². The molecule has 8 bridgehead atoms. The van der Waals surface area contributed by atoms with Crippen LogP contribution in [0.1, 0.15) is 128 Å². The van der Waals surface area contributed by atoms with Crippen molar-refractivity contribution in [2.24, 2.45) is 0 Å². The summed E-state index contributed by atoms with van der Waals surface area (Å²) in [5.74, 6) is 0. The zero-order chi connectivity index (χ0) is 40.7. The molecule has 0 unspecified atom stereocenters. The number of H-pyrrole nitrogens is 2. The van der Waals surface area contributed by atoms with E-state index in [2.05, 4.69) is 142 Å². The average Bonchev–Trinajstić information content (AvgIpc) is 3.89. The van der Waals surface area contributed by atoms with E-state index >= 15 is 0 Å². The van der Waals surface area contributed by atoms with Gasteiger partial charge in [-0.1, -0.05) is 119 Å². The van der Waals surface area contributed by atoms with E-state index in [1.165, 1.54) is 23.3 Å². The summed E-state index contributed by atoms with van der Waals surface area (Å²) in [5.41, 5.74) is 10.7. The average molecular weight is 755 g/mol. The van der Waals surface area contributed by atoms with Crippen LogP contribution < -0.4 is 0 Å². The van der Waals surface area contributed by atoms with E-state index in [9.17, 15) is 13.2 Å². The van der Waals surface area contributed by atoms with Crippen molar-refractivity contribution < 1.29 is 13.2 Å². The van der Waals surface area contributed by atoms with Gasteiger partial charge in [0.05, 0.1) is 28.3 Å². The Bertz CT molecular complexity index is 2540. The number of aromatic amines is 2. The minimum atomic E-state index is -4.65. The predicted octanol–water partition coefficient (Wildman–Crippen LogP) is 14.1. The number of aromatic nitrogens is 4. The van der Waals surface area contributed by atoms with Gasteiger partial charge >= 0.3 is 6.18 Å². The molecule has 3 aromatic heterocycles. The van der Waals surface area contributed by atoms with Crippen LogP contribution in [0.3, 0.4) is 0 Å². The van der Waals surface area contributed by atoms with Crippen LogP contribution in [0.25, 0.3) is 68.1 Å². The van der Waals surface area contributed by atoms with E-state index in [4.69, 9.17) is 9.97 Å². The Morgan fingerprint density at radius 1 is 0.464 bits per heavy atom. The summed E-state index contributed by atoms with van der Waals surface area (Å²) in [7, 11) is 0. The summed E-state index contributed by atoms with van der Waals surface area (Å²) in [5, 5.41) is 0. The van der Waals surface area contributed by atoms with Crippen LogP contribution in [0.15, 0.2) is 72.8 Å². The molecule has 0 atom stereocenters. The Morgan fingerprint density at radius 3 is 1.30 bits per heavy atom. The van der Waals surface area contributed by atoms with Gasteiger partial charge in [-0.25, -0.2) is 9.97 Å². The highest BCUT2D eigenvalue weighted by Crippen LogP contribution is 2.43. The van der Waals surface area contributed by atoms with Crippen molar-refractivity contribution >= 4 is 45.9 Å². The van der Waals surface area contributed by atoms with Gasteiger partial charge in [0.15, 0.2) is 0 Å². The number of fused-ring (bicyclic) bond motifs is 8. The van der Waals surface area contributed by atoms with Gasteiger partial charge in [-0.3, -0.25) is 0 Å². The largest absolute Gasteiger partial charge is 0.418 e. The number of allylic oxidation sites excluding steroid dienone is 1. The number of hydrogen-bond donors (Lipinski definition) is 2. The number of hydrogen-bond acceptors (Lipinski definition) is 2. The quantitative estimate of drug-likeness (QED) is 0.185. The zero-order valence-corrected chi connectivity index (χ0v) is 34.7. The monoisotopic (exact) mass is 754 g/mol. The Kier molecular flexibility index (Phi) is 9.22. The van der Waals surface area contributed by atoms with E-state index in [0.717, 1.165) is 44.4 Å². The van der Waals surface area contributed by atoms with Gasteiger partial charge in [-0.15, -0.1) is 0 Å². The SMILES string of the molecule is CC(C)(C)c1cc(-c2c3nc(cc4nc(c(-c5cc(C(C)(C)C)cc(C(C)(C)C)c5)c5ccc(cc6ccc2[nH]6)[nH]5)C=C4C(F)(F)F)C=C3)cc(C(C)(C)C)c1. The summed E-state index contributed by atoms with van der Waals surface area (Å²) in [6.45, 7) is 26.1. The van der Waals surface area contributed by atoms with Crippen LogP contribution in [0.2, 0.25) is 0 Å². The van der Waals surface area contributed by atoms with Gasteiger partial charge in [0.1, 0.15) is 0 Å². The van der Waals surface area contributed by atoms with E-state index in [1.54, 1.807) is 6.08 Å². The lowest BCUT2D eigenvalue weighted by Gasteiger charge is -2.26. The molecule has 56 heavy (non-hydrogen) atoms. The van der Waals surface area contributed by atoms with Crippen molar-refractivity contribution in [1.29, 1.82) is 0 Å². The fourth-order valence-corrected chi connectivity index (χ4v) is 7.25. The van der Waals surface area contributed by atoms with Crippen molar-refractivity contribution in [3.8, 4) is 22.3 Å². The number of nitrogens with one attached hydrogen (secondary N) is 2. The first-order chi connectivity index (χ1) is 25.8. The van der Waals surface area contributed by atoms with Crippen LogP contribution in [0.4, 0.5) is 13.2 Å². The third-order valence-electron chi connectivity index (χ3n) is 10.7. The van der Waals surface area contributed by atoms with Crippen molar-refractivity contribution in [3.63, 3.8) is 0 Å². The molecule has 4 nitrogen and oxygen atoms in total. The summed E-state index contributed by atoms with van der Waals surface area (Å²) < 4.78 is 45.0. The van der Waals surface area contributed by atoms with Crippen LogP contribution in [-0.2, 0) is 21.7 Å². The van der Waals surface area contributed by atoms with Gasteiger partial charge in [-0.05, 0) is 110 Å². The molecule has 0 saturated carbocycles. The molecule has 2 aliphatic heterocycles. The van der Waals surface area contributed by atoms with Crippen LogP contribution in [-0.4, -0.2) is 26.1 Å². The van der Waals surface area contributed by atoms with Crippen molar-refractivity contribution in [1.82, 2.24) is 19.9 Å². The lowest BCUT2D eigenvalue weighted by atomic mass is 9.78. The zero-order valence-electron chi connectivity index (χ0n) is 34.7. The van der Waals surface area contributed by atoms with Gasteiger partial charge in [0.2, 0.25) is 0 Å². The molecule has 5 heterocycles. The maximum atomic E-state index is 15.0. The molecular formula is C49H53F3N4. The molecule has 0 aliphatic carbocycles. The second-order valence-electron chi connectivity index (χ2n) is 19.5. The normalized spacial score (nSPS) is 14.0. The third kappa shape index (κ3) is 7.78.